The van der Waals surface area contributed by atoms with Crippen LogP contribution in [0.2, 0.25) is 0 Å². The number of hydrogen-bond donors (Lipinski definition) is 2. The molecule has 1 aromatic heterocycles. The van der Waals surface area contributed by atoms with Crippen LogP contribution < -0.4 is 15.4 Å². The van der Waals surface area contributed by atoms with Gasteiger partial charge < -0.3 is 23.9 Å². The van der Waals surface area contributed by atoms with Gasteiger partial charge in [0, 0.05) is 17.1 Å². The average molecular weight is 480 g/mol. The first kappa shape index (κ1) is 24.2. The molecule has 176 valence electrons. The van der Waals surface area contributed by atoms with Crippen LogP contribution in [0, 0.1) is 12.7 Å². The van der Waals surface area contributed by atoms with Crippen molar-refractivity contribution in [2.24, 2.45) is 4.36 Å². The Hall–Kier alpha value is -3.41. The van der Waals surface area contributed by atoms with Crippen LogP contribution >= 0.6 is 0 Å². The van der Waals surface area contributed by atoms with E-state index in [1.54, 1.807) is 12.1 Å². The third-order valence-corrected chi connectivity index (χ3v) is 4.92. The summed E-state index contributed by atoms with van der Waals surface area (Å²) in [6.07, 6.45) is -1.08. The summed E-state index contributed by atoms with van der Waals surface area (Å²) < 4.78 is 59.6. The van der Waals surface area contributed by atoms with Gasteiger partial charge in [-0.25, -0.2) is 23.1 Å². The summed E-state index contributed by atoms with van der Waals surface area (Å²) in [5.41, 5.74) is 2.10. The number of alkyl halides is 2. The van der Waals surface area contributed by atoms with E-state index in [9.17, 15) is 22.2 Å². The van der Waals surface area contributed by atoms with Crippen LogP contribution in [0.1, 0.15) is 12.5 Å². The van der Waals surface area contributed by atoms with Crippen LogP contribution in [0.25, 0.3) is 10.9 Å². The van der Waals surface area contributed by atoms with Crippen LogP contribution in [0.4, 0.5) is 30.4 Å². The Bertz CT molecular complexity index is 1270. The van der Waals surface area contributed by atoms with E-state index in [0.29, 0.717) is 28.1 Å². The Morgan fingerprint density at radius 3 is 2.70 bits per heavy atom. The second-order valence-corrected chi connectivity index (χ2v) is 8.09. The molecule has 0 saturated heterocycles. The molecule has 1 atom stereocenters. The number of nitrogens with zero attached hydrogens (tertiary/aromatic N) is 3. The second kappa shape index (κ2) is 10.5. The van der Waals surface area contributed by atoms with Gasteiger partial charge in [0.2, 0.25) is 0 Å². The van der Waals surface area contributed by atoms with Crippen molar-refractivity contribution in [3.05, 3.63) is 48.0 Å². The predicted octanol–water partition coefficient (Wildman–Crippen LogP) is 4.38. The van der Waals surface area contributed by atoms with E-state index >= 15 is 0 Å². The fourth-order valence-corrected chi connectivity index (χ4v) is 3.46. The molecule has 2 N–H and O–H groups in total. The van der Waals surface area contributed by atoms with E-state index < -0.39 is 41.4 Å². The molecule has 0 aliphatic carbocycles. The number of nitrogens with one attached hydrogen (secondary N) is 2. The number of amides is 1. The van der Waals surface area contributed by atoms with Crippen molar-refractivity contribution >= 4 is 44.6 Å². The summed E-state index contributed by atoms with van der Waals surface area (Å²) in [4.78, 5) is 20.5. The monoisotopic (exact) mass is 480 g/mol. The van der Waals surface area contributed by atoms with Gasteiger partial charge in [0.15, 0.2) is 6.10 Å². The van der Waals surface area contributed by atoms with Crippen molar-refractivity contribution in [1.82, 2.24) is 15.3 Å². The molecule has 3 aromatic rings. The molecule has 33 heavy (non-hydrogen) atoms. The van der Waals surface area contributed by atoms with Crippen molar-refractivity contribution < 1.29 is 26.9 Å². The molecule has 0 aliphatic rings. The molecule has 1 amide bonds. The van der Waals surface area contributed by atoms with E-state index in [4.69, 9.17) is 4.74 Å². The number of rotatable bonds is 8. The smallest absolute Gasteiger partial charge is 0.260 e. The van der Waals surface area contributed by atoms with Crippen LogP contribution in [0.5, 0.6) is 5.75 Å². The number of carbonyl (C=O) groups is 1. The lowest BCUT2D eigenvalue weighted by atomic mass is 10.1. The first-order valence-corrected chi connectivity index (χ1v) is 11.2. The summed E-state index contributed by atoms with van der Waals surface area (Å²) >= 11 is 0. The molecule has 2 aromatic carbocycles. The topological polar surface area (TPSA) is 106 Å². The van der Waals surface area contributed by atoms with E-state index in [-0.39, 0.29) is 5.75 Å². The fourth-order valence-electron chi connectivity index (χ4n) is 3.06. The first-order valence-electron chi connectivity index (χ1n) is 9.73. The van der Waals surface area contributed by atoms with E-state index in [2.05, 4.69) is 25.0 Å². The summed E-state index contributed by atoms with van der Waals surface area (Å²) in [7, 11) is -1.38. The summed E-state index contributed by atoms with van der Waals surface area (Å²) in [6, 6.07) is 7.06. The number of ether oxygens (including phenoxy) is 1. The molecular weight excluding hydrogens is 459 g/mol. The fraction of sp³-hybridized carbons (Fsp3) is 0.286. The largest absolute Gasteiger partial charge is 0.479 e. The molecular formula is C21H21F3N5O3S-. The normalized spacial score (nSPS) is 13.2. The molecule has 0 aliphatic heterocycles. The quantitative estimate of drug-likeness (QED) is 0.464. The van der Waals surface area contributed by atoms with Gasteiger partial charge in [-0.15, -0.1) is 6.26 Å². The number of anilines is 2. The van der Waals surface area contributed by atoms with Crippen molar-refractivity contribution in [2.45, 2.75) is 26.4 Å². The van der Waals surface area contributed by atoms with E-state index in [1.165, 1.54) is 31.6 Å². The lowest BCUT2D eigenvalue weighted by Gasteiger charge is -2.18. The molecule has 0 radical (unpaired) electrons. The SMILES string of the molecule is Cc1cc(N=[S-](C)=O)cc2ncnc(Nc3ccc(F)cc3O[C@H](C)C(=O)NCC(F)F)c12. The van der Waals surface area contributed by atoms with E-state index in [0.717, 1.165) is 11.6 Å². The lowest BCUT2D eigenvalue weighted by Crippen LogP contribution is -2.38. The lowest BCUT2D eigenvalue weighted by molar-refractivity contribution is -0.127. The van der Waals surface area contributed by atoms with Gasteiger partial charge in [0.1, 0.15) is 23.7 Å². The highest BCUT2D eigenvalue weighted by molar-refractivity contribution is 7.74. The van der Waals surface area contributed by atoms with Gasteiger partial charge in [0.05, 0.1) is 17.7 Å². The number of aryl methyl sites for hydroxylation is 1. The maximum atomic E-state index is 13.9. The van der Waals surface area contributed by atoms with Gasteiger partial charge in [-0.05, 0) is 43.7 Å². The van der Waals surface area contributed by atoms with Crippen molar-refractivity contribution in [3.63, 3.8) is 0 Å². The molecule has 8 nitrogen and oxygen atoms in total. The molecule has 0 spiro atoms. The zero-order chi connectivity index (χ0) is 24.1. The van der Waals surface area contributed by atoms with E-state index in [1.807, 2.05) is 6.92 Å². The number of fused-ring (bicyclic) bond motifs is 1. The Morgan fingerprint density at radius 1 is 1.24 bits per heavy atom. The number of hydrogen-bond acceptors (Lipinski definition) is 8. The van der Waals surface area contributed by atoms with Crippen molar-refractivity contribution in [1.29, 1.82) is 0 Å². The molecule has 12 heteroatoms. The maximum absolute atomic E-state index is 13.9. The minimum atomic E-state index is -2.70. The van der Waals surface area contributed by atoms with Gasteiger partial charge in [-0.3, -0.25) is 4.79 Å². The second-order valence-electron chi connectivity index (χ2n) is 7.06. The van der Waals surface area contributed by atoms with Gasteiger partial charge in [0.25, 0.3) is 12.3 Å². The minimum Gasteiger partial charge on any atom is -0.479 e. The van der Waals surface area contributed by atoms with Crippen molar-refractivity contribution in [3.8, 4) is 5.75 Å². The predicted molar refractivity (Wildman–Crippen MR) is 119 cm³/mol. The highest BCUT2D eigenvalue weighted by Gasteiger charge is 2.19. The Balaban J connectivity index is 1.93. The summed E-state index contributed by atoms with van der Waals surface area (Å²) in [5.74, 6) is -1.00. The van der Waals surface area contributed by atoms with Crippen LogP contribution in [0.15, 0.2) is 41.0 Å². The molecule has 0 unspecified atom stereocenters. The Labute approximate surface area is 189 Å². The van der Waals surface area contributed by atoms with Gasteiger partial charge in [-0.1, -0.05) is 0 Å². The number of halogens is 3. The molecule has 0 saturated carbocycles. The zero-order valence-electron chi connectivity index (χ0n) is 17.9. The first-order chi connectivity index (χ1) is 15.6. The third kappa shape index (κ3) is 6.31. The van der Waals surface area contributed by atoms with Crippen LogP contribution in [-0.4, -0.2) is 41.2 Å². The summed E-state index contributed by atoms with van der Waals surface area (Å²) in [6.45, 7) is 2.36. The van der Waals surface area contributed by atoms with Gasteiger partial charge in [-0.2, -0.15) is 10.6 Å². The Morgan fingerprint density at radius 2 is 2.00 bits per heavy atom. The van der Waals surface area contributed by atoms with Crippen LogP contribution in [-0.2, 0) is 19.6 Å². The molecule has 0 bridgehead atoms. The maximum Gasteiger partial charge on any atom is 0.260 e. The highest BCUT2D eigenvalue weighted by atomic mass is 32.2. The summed E-state index contributed by atoms with van der Waals surface area (Å²) in [5, 5.41) is 5.76. The molecule has 3 rings (SSSR count). The van der Waals surface area contributed by atoms with Crippen LogP contribution in [0.3, 0.4) is 0 Å². The Kier molecular flexibility index (Phi) is 7.69. The zero-order valence-corrected chi connectivity index (χ0v) is 18.8. The molecule has 0 fully saturated rings. The highest BCUT2D eigenvalue weighted by Crippen LogP contribution is 2.34. The minimum absolute atomic E-state index is 0.00730. The van der Waals surface area contributed by atoms with Gasteiger partial charge >= 0.3 is 0 Å². The standard InChI is InChI=1S/C21H21F3N5O3S/c1-11-6-14(29-33(3)31)8-16-19(11)20(27-10-26-16)28-15-5-4-13(22)7-17(15)32-12(2)21(30)25-9-18(23)24/h4-8,10,12,18H,9H2,1-3H3,(H,25,30)(H,26,27,28)/q-1/t12-/m1/s1. The number of aromatic nitrogens is 2. The van der Waals surface area contributed by atoms with Crippen molar-refractivity contribution in [2.75, 3.05) is 18.1 Å². The average Bonchev–Trinajstić information content (AvgIpc) is 2.73. The molecule has 1 heterocycles. The number of carbonyl (C=O) groups excluding carboxylic acids is 1. The third-order valence-electron chi connectivity index (χ3n) is 4.45. The number of benzene rings is 2.